The summed E-state index contributed by atoms with van der Waals surface area (Å²) in [5.41, 5.74) is 3.08. The first-order chi connectivity index (χ1) is 14.6. The summed E-state index contributed by atoms with van der Waals surface area (Å²) in [6, 6.07) is 19.8. The molecule has 152 valence electrons. The average Bonchev–Trinajstić information content (AvgIpc) is 3.34. The van der Waals surface area contributed by atoms with E-state index in [0.717, 1.165) is 11.1 Å². The van der Waals surface area contributed by atoms with Crippen LogP contribution in [0.15, 0.2) is 77.6 Å². The number of hydrogen-bond acceptors (Lipinski definition) is 4. The monoisotopic (exact) mass is 420 g/mol. The van der Waals surface area contributed by atoms with Crippen LogP contribution in [0.5, 0.6) is 0 Å². The predicted molar refractivity (Wildman–Crippen MR) is 114 cm³/mol. The van der Waals surface area contributed by atoms with Crippen LogP contribution >= 0.6 is 11.6 Å². The van der Waals surface area contributed by atoms with Gasteiger partial charge in [-0.05, 0) is 18.1 Å². The first kappa shape index (κ1) is 19.9. The van der Waals surface area contributed by atoms with Crippen molar-refractivity contribution in [1.82, 2.24) is 19.8 Å². The minimum Gasteiger partial charge on any atom is -0.361 e. The first-order valence-corrected chi connectivity index (χ1v) is 9.98. The van der Waals surface area contributed by atoms with Gasteiger partial charge in [0.15, 0.2) is 5.69 Å². The van der Waals surface area contributed by atoms with Crippen molar-refractivity contribution in [2.24, 2.45) is 0 Å². The standard InChI is InChI=1S/C23H21ClN4O2/c1-17-21(16-28-15-20(24)12-25-28)22(26-30-17)23(29)27(13-18-8-4-2-5-9-18)14-19-10-6-3-7-11-19/h2-12,15H,13-14,16H2,1H3. The number of hydrogen-bond donors (Lipinski definition) is 0. The van der Waals surface area contributed by atoms with Gasteiger partial charge in [0.1, 0.15) is 5.76 Å². The summed E-state index contributed by atoms with van der Waals surface area (Å²) < 4.78 is 7.04. The molecule has 2 aromatic carbocycles. The highest BCUT2D eigenvalue weighted by molar-refractivity contribution is 6.30. The number of carbonyl (C=O) groups is 1. The summed E-state index contributed by atoms with van der Waals surface area (Å²) in [4.78, 5) is 15.3. The van der Waals surface area contributed by atoms with Crippen LogP contribution in [0.4, 0.5) is 0 Å². The maximum Gasteiger partial charge on any atom is 0.277 e. The Morgan fingerprint density at radius 1 is 1.03 bits per heavy atom. The van der Waals surface area contributed by atoms with Crippen LogP contribution in [0.3, 0.4) is 0 Å². The summed E-state index contributed by atoms with van der Waals surface area (Å²) in [5, 5.41) is 8.82. The van der Waals surface area contributed by atoms with Gasteiger partial charge < -0.3 is 9.42 Å². The van der Waals surface area contributed by atoms with Crippen molar-refractivity contribution in [1.29, 1.82) is 0 Å². The van der Waals surface area contributed by atoms with Crippen molar-refractivity contribution in [2.45, 2.75) is 26.6 Å². The van der Waals surface area contributed by atoms with Crippen molar-refractivity contribution in [2.75, 3.05) is 0 Å². The van der Waals surface area contributed by atoms with E-state index in [9.17, 15) is 4.79 Å². The molecule has 0 saturated heterocycles. The smallest absolute Gasteiger partial charge is 0.277 e. The van der Waals surface area contributed by atoms with Crippen molar-refractivity contribution in [3.8, 4) is 0 Å². The number of aromatic nitrogens is 3. The Kier molecular flexibility index (Phi) is 5.95. The van der Waals surface area contributed by atoms with Gasteiger partial charge in [0.05, 0.1) is 17.8 Å². The molecule has 0 N–H and O–H groups in total. The van der Waals surface area contributed by atoms with Crippen molar-refractivity contribution >= 4 is 17.5 Å². The molecule has 0 unspecified atom stereocenters. The van der Waals surface area contributed by atoms with Crippen molar-refractivity contribution in [3.05, 3.63) is 106 Å². The molecule has 1 amide bonds. The Bertz CT molecular complexity index is 1080. The normalized spacial score (nSPS) is 10.9. The van der Waals surface area contributed by atoms with Crippen LogP contribution in [0.2, 0.25) is 5.02 Å². The van der Waals surface area contributed by atoms with E-state index in [1.165, 1.54) is 0 Å². The van der Waals surface area contributed by atoms with Crippen LogP contribution in [0.25, 0.3) is 0 Å². The number of rotatable bonds is 7. The molecule has 0 fully saturated rings. The predicted octanol–water partition coefficient (Wildman–Crippen LogP) is 4.72. The van der Waals surface area contributed by atoms with E-state index in [4.69, 9.17) is 16.1 Å². The van der Waals surface area contributed by atoms with Crippen LogP contribution in [-0.4, -0.2) is 25.7 Å². The summed E-state index contributed by atoms with van der Waals surface area (Å²) in [5.74, 6) is 0.400. The van der Waals surface area contributed by atoms with Gasteiger partial charge in [0, 0.05) is 24.8 Å². The molecule has 2 aromatic heterocycles. The van der Waals surface area contributed by atoms with Gasteiger partial charge in [0.2, 0.25) is 0 Å². The summed E-state index contributed by atoms with van der Waals surface area (Å²) in [6.07, 6.45) is 3.26. The number of benzene rings is 2. The minimum atomic E-state index is -0.187. The topological polar surface area (TPSA) is 64.2 Å². The third-order valence-corrected chi connectivity index (χ3v) is 5.02. The fraction of sp³-hybridized carbons (Fsp3) is 0.174. The van der Waals surface area contributed by atoms with E-state index in [1.54, 1.807) is 28.9 Å². The SMILES string of the molecule is Cc1onc(C(=O)N(Cc2ccccc2)Cc2ccccc2)c1Cn1cc(Cl)cn1. The second-order valence-corrected chi connectivity index (χ2v) is 7.49. The van der Waals surface area contributed by atoms with E-state index < -0.39 is 0 Å². The van der Waals surface area contributed by atoms with Crippen molar-refractivity contribution < 1.29 is 9.32 Å². The van der Waals surface area contributed by atoms with E-state index in [-0.39, 0.29) is 5.91 Å². The Balaban J connectivity index is 1.64. The molecular formula is C23H21ClN4O2. The quantitative estimate of drug-likeness (QED) is 0.433. The fourth-order valence-electron chi connectivity index (χ4n) is 3.29. The molecule has 0 saturated carbocycles. The zero-order valence-corrected chi connectivity index (χ0v) is 17.3. The summed E-state index contributed by atoms with van der Waals surface area (Å²) in [7, 11) is 0. The lowest BCUT2D eigenvalue weighted by Crippen LogP contribution is -2.31. The maximum absolute atomic E-state index is 13.5. The Labute approximate surface area is 179 Å². The molecule has 0 spiro atoms. The molecule has 4 aromatic rings. The molecule has 0 radical (unpaired) electrons. The summed E-state index contributed by atoms with van der Waals surface area (Å²) in [6.45, 7) is 3.08. The molecule has 0 aliphatic carbocycles. The van der Waals surface area contributed by atoms with Gasteiger partial charge in [-0.15, -0.1) is 0 Å². The van der Waals surface area contributed by atoms with Crippen LogP contribution in [0, 0.1) is 6.92 Å². The van der Waals surface area contributed by atoms with Crippen LogP contribution in [0.1, 0.15) is 32.9 Å². The lowest BCUT2D eigenvalue weighted by Gasteiger charge is -2.22. The molecule has 0 aliphatic rings. The first-order valence-electron chi connectivity index (χ1n) is 9.60. The fourth-order valence-corrected chi connectivity index (χ4v) is 3.45. The number of carbonyl (C=O) groups excluding carboxylic acids is 1. The molecule has 30 heavy (non-hydrogen) atoms. The third-order valence-electron chi connectivity index (χ3n) is 4.83. The van der Waals surface area contributed by atoms with Gasteiger partial charge in [0.25, 0.3) is 5.91 Å². The minimum absolute atomic E-state index is 0.187. The zero-order valence-electron chi connectivity index (χ0n) is 16.5. The van der Waals surface area contributed by atoms with E-state index in [1.807, 2.05) is 60.7 Å². The second-order valence-electron chi connectivity index (χ2n) is 7.05. The van der Waals surface area contributed by atoms with E-state index in [2.05, 4.69) is 10.3 Å². The lowest BCUT2D eigenvalue weighted by atomic mass is 10.1. The molecule has 6 nitrogen and oxygen atoms in total. The maximum atomic E-state index is 13.5. The van der Waals surface area contributed by atoms with Gasteiger partial charge in [-0.25, -0.2) is 0 Å². The van der Waals surface area contributed by atoms with Crippen LogP contribution < -0.4 is 0 Å². The number of amides is 1. The zero-order chi connectivity index (χ0) is 20.9. The third kappa shape index (κ3) is 4.60. The largest absolute Gasteiger partial charge is 0.361 e. The molecular weight excluding hydrogens is 400 g/mol. The number of nitrogens with zero attached hydrogens (tertiary/aromatic N) is 4. The average molecular weight is 421 g/mol. The molecule has 2 heterocycles. The van der Waals surface area contributed by atoms with Crippen LogP contribution in [-0.2, 0) is 19.6 Å². The summed E-state index contributed by atoms with van der Waals surface area (Å²) >= 11 is 5.98. The molecule has 7 heteroatoms. The van der Waals surface area contributed by atoms with Gasteiger partial charge in [-0.1, -0.05) is 77.4 Å². The second kappa shape index (κ2) is 8.97. The Morgan fingerprint density at radius 2 is 1.63 bits per heavy atom. The van der Waals surface area contributed by atoms with Gasteiger partial charge in [-0.2, -0.15) is 5.10 Å². The molecule has 4 rings (SSSR count). The lowest BCUT2D eigenvalue weighted by molar-refractivity contribution is 0.0718. The van der Waals surface area contributed by atoms with E-state index >= 15 is 0 Å². The highest BCUT2D eigenvalue weighted by Crippen LogP contribution is 2.20. The van der Waals surface area contributed by atoms with Crippen molar-refractivity contribution in [3.63, 3.8) is 0 Å². The number of aryl methyl sites for hydroxylation is 1. The molecule has 0 bridgehead atoms. The Hall–Kier alpha value is -3.38. The molecule has 0 atom stereocenters. The Morgan fingerprint density at radius 3 is 2.17 bits per heavy atom. The number of halogens is 1. The van der Waals surface area contributed by atoms with E-state index in [0.29, 0.717) is 41.7 Å². The highest BCUT2D eigenvalue weighted by Gasteiger charge is 2.25. The van der Waals surface area contributed by atoms with Gasteiger partial charge >= 0.3 is 0 Å². The molecule has 0 aliphatic heterocycles. The highest BCUT2D eigenvalue weighted by atomic mass is 35.5. The van der Waals surface area contributed by atoms with Gasteiger partial charge in [-0.3, -0.25) is 9.48 Å².